The summed E-state index contributed by atoms with van der Waals surface area (Å²) in [5, 5.41) is 11.5. The SMILES string of the molecule is O=C(O)COc1ccc(NC(=O)C2(c3cccc(F)c3)CCCC2)cc1. The van der Waals surface area contributed by atoms with Crippen LogP contribution in [-0.4, -0.2) is 23.6 Å². The smallest absolute Gasteiger partial charge is 0.341 e. The van der Waals surface area contributed by atoms with Gasteiger partial charge >= 0.3 is 5.97 Å². The van der Waals surface area contributed by atoms with Crippen LogP contribution in [0.15, 0.2) is 48.5 Å². The van der Waals surface area contributed by atoms with Crippen LogP contribution in [0, 0.1) is 5.82 Å². The van der Waals surface area contributed by atoms with Gasteiger partial charge in [0.1, 0.15) is 11.6 Å². The highest BCUT2D eigenvalue weighted by atomic mass is 19.1. The van der Waals surface area contributed by atoms with Crippen LogP contribution in [-0.2, 0) is 15.0 Å². The molecule has 2 N–H and O–H groups in total. The van der Waals surface area contributed by atoms with Gasteiger partial charge in [0.05, 0.1) is 5.41 Å². The van der Waals surface area contributed by atoms with Crippen molar-refractivity contribution in [3.05, 3.63) is 59.9 Å². The third-order valence-corrected chi connectivity index (χ3v) is 4.74. The summed E-state index contributed by atoms with van der Waals surface area (Å²) in [6, 6.07) is 12.8. The monoisotopic (exact) mass is 357 g/mol. The Balaban J connectivity index is 1.76. The van der Waals surface area contributed by atoms with E-state index in [1.807, 2.05) is 0 Å². The maximum Gasteiger partial charge on any atom is 0.341 e. The Morgan fingerprint density at radius 3 is 2.42 bits per heavy atom. The highest BCUT2D eigenvalue weighted by molar-refractivity contribution is 5.99. The second-order valence-electron chi connectivity index (χ2n) is 6.46. The van der Waals surface area contributed by atoms with E-state index in [9.17, 15) is 14.0 Å². The number of anilines is 1. The number of nitrogens with one attached hydrogen (secondary N) is 1. The van der Waals surface area contributed by atoms with E-state index in [4.69, 9.17) is 9.84 Å². The van der Waals surface area contributed by atoms with E-state index >= 15 is 0 Å². The Kier molecular flexibility index (Phi) is 5.21. The minimum atomic E-state index is -1.05. The highest BCUT2D eigenvalue weighted by Gasteiger charge is 2.42. The van der Waals surface area contributed by atoms with E-state index < -0.39 is 18.0 Å². The number of carboxylic acids is 1. The van der Waals surface area contributed by atoms with Crippen LogP contribution in [0.4, 0.5) is 10.1 Å². The molecule has 1 aliphatic carbocycles. The highest BCUT2D eigenvalue weighted by Crippen LogP contribution is 2.42. The zero-order valence-electron chi connectivity index (χ0n) is 14.2. The van der Waals surface area contributed by atoms with Gasteiger partial charge in [-0.05, 0) is 54.8 Å². The number of halogens is 1. The zero-order chi connectivity index (χ0) is 18.6. The Hall–Kier alpha value is -2.89. The van der Waals surface area contributed by atoms with Crippen molar-refractivity contribution in [2.24, 2.45) is 0 Å². The molecule has 1 aliphatic rings. The fourth-order valence-electron chi connectivity index (χ4n) is 3.44. The van der Waals surface area contributed by atoms with Gasteiger partial charge in [0.15, 0.2) is 6.61 Å². The molecule has 0 radical (unpaired) electrons. The van der Waals surface area contributed by atoms with Gasteiger partial charge in [0.25, 0.3) is 0 Å². The Bertz CT molecular complexity index is 798. The summed E-state index contributed by atoms with van der Waals surface area (Å²) in [5.41, 5.74) is 0.565. The number of aliphatic carboxylic acids is 1. The summed E-state index contributed by atoms with van der Waals surface area (Å²) >= 11 is 0. The van der Waals surface area contributed by atoms with Crippen LogP contribution in [0.3, 0.4) is 0 Å². The maximum absolute atomic E-state index is 13.7. The fraction of sp³-hybridized carbons (Fsp3) is 0.300. The van der Waals surface area contributed by atoms with E-state index in [0.717, 1.165) is 12.8 Å². The molecule has 6 heteroatoms. The Morgan fingerprint density at radius 2 is 1.81 bits per heavy atom. The number of carbonyl (C=O) groups is 2. The molecular weight excluding hydrogens is 337 g/mol. The van der Waals surface area contributed by atoms with Gasteiger partial charge < -0.3 is 15.2 Å². The van der Waals surface area contributed by atoms with E-state index in [2.05, 4.69) is 5.32 Å². The number of rotatable bonds is 6. The van der Waals surface area contributed by atoms with E-state index in [-0.39, 0.29) is 11.7 Å². The summed E-state index contributed by atoms with van der Waals surface area (Å²) in [6.45, 7) is -0.422. The van der Waals surface area contributed by atoms with Crippen molar-refractivity contribution < 1.29 is 23.8 Å². The average Bonchev–Trinajstić information content (AvgIpc) is 3.12. The minimum absolute atomic E-state index is 0.153. The van der Waals surface area contributed by atoms with Crippen molar-refractivity contribution in [1.82, 2.24) is 0 Å². The summed E-state index contributed by atoms with van der Waals surface area (Å²) in [4.78, 5) is 23.5. The van der Waals surface area contributed by atoms with Gasteiger partial charge in [-0.15, -0.1) is 0 Å². The normalized spacial score (nSPS) is 15.4. The molecule has 0 spiro atoms. The molecular formula is C20H20FNO4. The molecule has 2 aromatic rings. The van der Waals surface area contributed by atoms with Crippen LogP contribution >= 0.6 is 0 Å². The van der Waals surface area contributed by atoms with E-state index in [0.29, 0.717) is 29.8 Å². The molecule has 26 heavy (non-hydrogen) atoms. The van der Waals surface area contributed by atoms with Crippen molar-refractivity contribution in [3.63, 3.8) is 0 Å². The average molecular weight is 357 g/mol. The van der Waals surface area contributed by atoms with Crippen LogP contribution in [0.1, 0.15) is 31.2 Å². The molecule has 0 bridgehead atoms. The number of benzene rings is 2. The van der Waals surface area contributed by atoms with Gasteiger partial charge in [0.2, 0.25) is 5.91 Å². The van der Waals surface area contributed by atoms with Crippen LogP contribution < -0.4 is 10.1 Å². The van der Waals surface area contributed by atoms with Crippen molar-refractivity contribution in [2.75, 3.05) is 11.9 Å². The lowest BCUT2D eigenvalue weighted by molar-refractivity contribution is -0.139. The van der Waals surface area contributed by atoms with Crippen molar-refractivity contribution in [3.8, 4) is 5.75 Å². The van der Waals surface area contributed by atoms with Crippen molar-refractivity contribution in [1.29, 1.82) is 0 Å². The van der Waals surface area contributed by atoms with E-state index in [1.54, 1.807) is 36.4 Å². The van der Waals surface area contributed by atoms with Crippen LogP contribution in [0.5, 0.6) is 5.75 Å². The van der Waals surface area contributed by atoms with Crippen molar-refractivity contribution in [2.45, 2.75) is 31.1 Å². The van der Waals surface area contributed by atoms with Crippen LogP contribution in [0.2, 0.25) is 0 Å². The molecule has 5 nitrogen and oxygen atoms in total. The zero-order valence-corrected chi connectivity index (χ0v) is 14.2. The number of hydrogen-bond acceptors (Lipinski definition) is 3. The van der Waals surface area contributed by atoms with Gasteiger partial charge in [-0.25, -0.2) is 9.18 Å². The molecule has 1 fully saturated rings. The summed E-state index contributed by atoms with van der Waals surface area (Å²) in [7, 11) is 0. The molecule has 0 aromatic heterocycles. The summed E-state index contributed by atoms with van der Waals surface area (Å²) in [6.07, 6.45) is 3.21. The Morgan fingerprint density at radius 1 is 1.12 bits per heavy atom. The number of carboxylic acid groups (broad SMARTS) is 1. The lowest BCUT2D eigenvalue weighted by Crippen LogP contribution is -2.38. The number of ether oxygens (including phenoxy) is 1. The lowest BCUT2D eigenvalue weighted by Gasteiger charge is -2.28. The molecule has 0 aliphatic heterocycles. The summed E-state index contributed by atoms with van der Waals surface area (Å²) in [5.74, 6) is -1.15. The topological polar surface area (TPSA) is 75.6 Å². The van der Waals surface area contributed by atoms with Crippen LogP contribution in [0.25, 0.3) is 0 Å². The third-order valence-electron chi connectivity index (χ3n) is 4.74. The second kappa shape index (κ2) is 7.56. The number of carbonyl (C=O) groups excluding carboxylic acids is 1. The first kappa shape index (κ1) is 17.9. The molecule has 1 amide bonds. The lowest BCUT2D eigenvalue weighted by atomic mass is 9.78. The van der Waals surface area contributed by atoms with Gasteiger partial charge in [0, 0.05) is 5.69 Å². The minimum Gasteiger partial charge on any atom is -0.482 e. The standard InChI is InChI=1S/C20H20FNO4/c21-15-5-3-4-14(12-15)20(10-1-2-11-20)19(25)22-16-6-8-17(9-7-16)26-13-18(23)24/h3-9,12H,1-2,10-11,13H2,(H,22,25)(H,23,24). The first-order valence-corrected chi connectivity index (χ1v) is 8.52. The molecule has 0 heterocycles. The molecule has 1 saturated carbocycles. The molecule has 0 unspecified atom stereocenters. The Labute approximate surface area is 150 Å². The van der Waals surface area contributed by atoms with Crippen molar-refractivity contribution >= 4 is 17.6 Å². The molecule has 0 saturated heterocycles. The quantitative estimate of drug-likeness (QED) is 0.826. The fourth-order valence-corrected chi connectivity index (χ4v) is 3.44. The predicted octanol–water partition coefficient (Wildman–Crippen LogP) is 3.74. The van der Waals surface area contributed by atoms with Gasteiger partial charge in [-0.1, -0.05) is 25.0 Å². The first-order chi connectivity index (χ1) is 12.5. The molecule has 2 aromatic carbocycles. The molecule has 136 valence electrons. The number of amides is 1. The van der Waals surface area contributed by atoms with E-state index in [1.165, 1.54) is 12.1 Å². The van der Waals surface area contributed by atoms with Gasteiger partial charge in [-0.2, -0.15) is 0 Å². The number of hydrogen-bond donors (Lipinski definition) is 2. The predicted molar refractivity (Wildman–Crippen MR) is 94.7 cm³/mol. The first-order valence-electron chi connectivity index (χ1n) is 8.52. The second-order valence-corrected chi connectivity index (χ2v) is 6.46. The third kappa shape index (κ3) is 3.85. The van der Waals surface area contributed by atoms with Gasteiger partial charge in [-0.3, -0.25) is 4.79 Å². The summed E-state index contributed by atoms with van der Waals surface area (Å²) < 4.78 is 18.7. The molecule has 3 rings (SSSR count). The maximum atomic E-state index is 13.7. The molecule has 0 atom stereocenters. The largest absolute Gasteiger partial charge is 0.482 e.